The lowest BCUT2D eigenvalue weighted by atomic mass is 9.80. The smallest absolute Gasteiger partial charge is 0.254 e. The van der Waals surface area contributed by atoms with Gasteiger partial charge in [-0.3, -0.25) is 9.59 Å². The second-order valence-corrected chi connectivity index (χ2v) is 8.97. The zero-order valence-corrected chi connectivity index (χ0v) is 17.4. The molecule has 2 amide bonds. The van der Waals surface area contributed by atoms with Gasteiger partial charge in [0, 0.05) is 22.5 Å². The molecule has 2 heterocycles. The minimum Gasteiger partial charge on any atom is -0.353 e. The summed E-state index contributed by atoms with van der Waals surface area (Å²) in [5.41, 5.74) is 1.55. The van der Waals surface area contributed by atoms with E-state index in [2.05, 4.69) is 18.3 Å². The van der Waals surface area contributed by atoms with Crippen molar-refractivity contribution >= 4 is 23.2 Å². The molecule has 1 aromatic heterocycles. The Morgan fingerprint density at radius 3 is 2.64 bits per heavy atom. The number of thiophene rings is 1. The van der Waals surface area contributed by atoms with Crippen molar-refractivity contribution < 1.29 is 9.59 Å². The number of amides is 2. The Balaban J connectivity index is 1.84. The number of nitrogens with zero attached hydrogens (tertiary/aromatic N) is 1. The second kappa shape index (κ2) is 8.08. The Morgan fingerprint density at radius 1 is 1.21 bits per heavy atom. The molecule has 1 aromatic carbocycles. The van der Waals surface area contributed by atoms with Crippen molar-refractivity contribution in [3.8, 4) is 0 Å². The molecule has 0 bridgehead atoms. The molecule has 4 rings (SSSR count). The van der Waals surface area contributed by atoms with Gasteiger partial charge in [0.25, 0.3) is 5.91 Å². The highest BCUT2D eigenvalue weighted by molar-refractivity contribution is 7.10. The molecule has 0 radical (unpaired) electrons. The molecule has 0 saturated heterocycles. The first kappa shape index (κ1) is 19.2. The van der Waals surface area contributed by atoms with Crippen molar-refractivity contribution in [3.63, 3.8) is 0 Å². The fourth-order valence-electron chi connectivity index (χ4n) is 4.61. The van der Waals surface area contributed by atoms with Crippen LogP contribution in [0.1, 0.15) is 78.7 Å². The standard InChI is InChI=1S/C23H28N2O2S/c1-3-15(2)24-22(26)20-17-11-6-7-12-18(17)23(27)25(16-9-4-5-10-16)21(20)19-13-8-14-28-19/h6-8,11-16,20-21H,3-5,9-10H2,1-2H3,(H,24,26)/t15-,20+,21+/m0/s1. The number of nitrogens with one attached hydrogen (secondary N) is 1. The van der Waals surface area contributed by atoms with Gasteiger partial charge in [0.15, 0.2) is 0 Å². The monoisotopic (exact) mass is 396 g/mol. The molecule has 1 aliphatic carbocycles. The van der Waals surface area contributed by atoms with E-state index in [1.807, 2.05) is 47.5 Å². The quantitative estimate of drug-likeness (QED) is 0.782. The number of rotatable bonds is 5. The van der Waals surface area contributed by atoms with E-state index in [4.69, 9.17) is 0 Å². The summed E-state index contributed by atoms with van der Waals surface area (Å²) in [7, 11) is 0. The topological polar surface area (TPSA) is 49.4 Å². The molecule has 4 nitrogen and oxygen atoms in total. The lowest BCUT2D eigenvalue weighted by molar-refractivity contribution is -0.125. The minimum atomic E-state index is -0.373. The molecule has 0 spiro atoms. The Bertz CT molecular complexity index is 842. The van der Waals surface area contributed by atoms with E-state index in [0.29, 0.717) is 5.56 Å². The highest BCUT2D eigenvalue weighted by atomic mass is 32.1. The number of hydrogen-bond donors (Lipinski definition) is 1. The van der Waals surface area contributed by atoms with Gasteiger partial charge in [0.1, 0.15) is 0 Å². The predicted molar refractivity (Wildman–Crippen MR) is 113 cm³/mol. The van der Waals surface area contributed by atoms with Crippen LogP contribution in [0.15, 0.2) is 41.8 Å². The largest absolute Gasteiger partial charge is 0.353 e. The van der Waals surface area contributed by atoms with E-state index >= 15 is 0 Å². The molecule has 0 unspecified atom stereocenters. The molecule has 1 N–H and O–H groups in total. The maximum Gasteiger partial charge on any atom is 0.254 e. The van der Waals surface area contributed by atoms with Gasteiger partial charge in [-0.1, -0.05) is 44.0 Å². The van der Waals surface area contributed by atoms with Gasteiger partial charge in [-0.15, -0.1) is 11.3 Å². The molecule has 2 aliphatic rings. The van der Waals surface area contributed by atoms with Crippen LogP contribution in [0.25, 0.3) is 0 Å². The summed E-state index contributed by atoms with van der Waals surface area (Å²) < 4.78 is 0. The maximum atomic E-state index is 13.6. The summed E-state index contributed by atoms with van der Waals surface area (Å²) >= 11 is 1.64. The fraction of sp³-hybridized carbons (Fsp3) is 0.478. The van der Waals surface area contributed by atoms with Crippen LogP contribution in [0.5, 0.6) is 0 Å². The van der Waals surface area contributed by atoms with Crippen molar-refractivity contribution in [2.45, 2.75) is 70.0 Å². The summed E-state index contributed by atoms with van der Waals surface area (Å²) in [4.78, 5) is 30.2. The third kappa shape index (κ3) is 3.37. The zero-order chi connectivity index (χ0) is 19.7. The summed E-state index contributed by atoms with van der Waals surface area (Å²) in [5.74, 6) is -0.272. The Labute approximate surface area is 170 Å². The third-order valence-electron chi connectivity index (χ3n) is 6.21. The van der Waals surface area contributed by atoms with Crippen LogP contribution in [-0.4, -0.2) is 28.8 Å². The predicted octanol–water partition coefficient (Wildman–Crippen LogP) is 4.89. The summed E-state index contributed by atoms with van der Waals surface area (Å²) in [5, 5.41) is 5.22. The van der Waals surface area contributed by atoms with E-state index < -0.39 is 0 Å². The normalized spacial score (nSPS) is 23.5. The van der Waals surface area contributed by atoms with E-state index in [1.165, 1.54) is 0 Å². The molecule has 1 saturated carbocycles. The molecule has 3 atom stereocenters. The van der Waals surface area contributed by atoms with Crippen molar-refractivity contribution in [2.24, 2.45) is 0 Å². The highest BCUT2D eigenvalue weighted by Crippen LogP contribution is 2.47. The van der Waals surface area contributed by atoms with Crippen LogP contribution < -0.4 is 5.32 Å². The average Bonchev–Trinajstić information content (AvgIpc) is 3.41. The fourth-order valence-corrected chi connectivity index (χ4v) is 5.48. The molecule has 1 fully saturated rings. The van der Waals surface area contributed by atoms with Gasteiger partial charge in [-0.05, 0) is 49.3 Å². The van der Waals surface area contributed by atoms with Crippen LogP contribution in [0.4, 0.5) is 0 Å². The maximum absolute atomic E-state index is 13.6. The lowest BCUT2D eigenvalue weighted by Crippen LogP contribution is -2.51. The van der Waals surface area contributed by atoms with Gasteiger partial charge < -0.3 is 10.2 Å². The number of carbonyl (C=O) groups excluding carboxylic acids is 2. The van der Waals surface area contributed by atoms with Crippen LogP contribution in [0, 0.1) is 0 Å². The third-order valence-corrected chi connectivity index (χ3v) is 7.16. The number of fused-ring (bicyclic) bond motifs is 1. The highest BCUT2D eigenvalue weighted by Gasteiger charge is 2.47. The van der Waals surface area contributed by atoms with Crippen molar-refractivity contribution in [3.05, 3.63) is 57.8 Å². The van der Waals surface area contributed by atoms with Crippen LogP contribution in [-0.2, 0) is 4.79 Å². The molecule has 28 heavy (non-hydrogen) atoms. The van der Waals surface area contributed by atoms with Crippen molar-refractivity contribution in [1.29, 1.82) is 0 Å². The molecule has 148 valence electrons. The lowest BCUT2D eigenvalue weighted by Gasteiger charge is -2.44. The van der Waals surface area contributed by atoms with Crippen LogP contribution in [0.3, 0.4) is 0 Å². The van der Waals surface area contributed by atoms with Gasteiger partial charge in [0.2, 0.25) is 5.91 Å². The molecular weight excluding hydrogens is 368 g/mol. The van der Waals surface area contributed by atoms with Crippen molar-refractivity contribution in [1.82, 2.24) is 10.2 Å². The van der Waals surface area contributed by atoms with Gasteiger partial charge >= 0.3 is 0 Å². The van der Waals surface area contributed by atoms with E-state index in [0.717, 1.165) is 42.5 Å². The average molecular weight is 397 g/mol. The Hall–Kier alpha value is -2.14. The van der Waals surface area contributed by atoms with Gasteiger partial charge in [0.05, 0.1) is 12.0 Å². The number of hydrogen-bond acceptors (Lipinski definition) is 3. The minimum absolute atomic E-state index is 0.0238. The molecule has 1 aliphatic heterocycles. The molecular formula is C23H28N2O2S. The van der Waals surface area contributed by atoms with Gasteiger partial charge in [-0.2, -0.15) is 0 Å². The summed E-state index contributed by atoms with van der Waals surface area (Å²) in [6.07, 6.45) is 5.23. The first-order valence-electron chi connectivity index (χ1n) is 10.4. The molecule has 5 heteroatoms. The van der Waals surface area contributed by atoms with E-state index in [1.54, 1.807) is 11.3 Å². The van der Waals surface area contributed by atoms with E-state index in [9.17, 15) is 9.59 Å². The summed E-state index contributed by atoms with van der Waals surface area (Å²) in [6, 6.07) is 11.9. The molecule has 2 aromatic rings. The van der Waals surface area contributed by atoms with Crippen LogP contribution in [0.2, 0.25) is 0 Å². The van der Waals surface area contributed by atoms with Crippen molar-refractivity contribution in [2.75, 3.05) is 0 Å². The first-order valence-corrected chi connectivity index (χ1v) is 11.2. The SMILES string of the molecule is CC[C@H](C)NC(=O)[C@@H]1c2ccccc2C(=O)N(C2CCCC2)[C@@H]1c1cccs1. The van der Waals surface area contributed by atoms with E-state index in [-0.39, 0.29) is 35.9 Å². The second-order valence-electron chi connectivity index (χ2n) is 7.99. The summed E-state index contributed by atoms with van der Waals surface area (Å²) in [6.45, 7) is 4.11. The first-order chi connectivity index (χ1) is 13.6. The zero-order valence-electron chi connectivity index (χ0n) is 16.6. The van der Waals surface area contributed by atoms with Gasteiger partial charge in [-0.25, -0.2) is 0 Å². The number of benzene rings is 1. The Morgan fingerprint density at radius 2 is 1.96 bits per heavy atom. The Kier molecular flexibility index (Phi) is 5.54. The van der Waals surface area contributed by atoms with Crippen LogP contribution >= 0.6 is 11.3 Å². The number of carbonyl (C=O) groups is 2.